The summed E-state index contributed by atoms with van der Waals surface area (Å²) in [7, 11) is -3.82. The van der Waals surface area contributed by atoms with E-state index in [2.05, 4.69) is 0 Å². The minimum Gasteiger partial charge on any atom is -0.455 e. The maximum absolute atomic E-state index is 12.6. The summed E-state index contributed by atoms with van der Waals surface area (Å²) in [4.78, 5) is 26.9. The molecule has 1 atom stereocenters. The summed E-state index contributed by atoms with van der Waals surface area (Å²) in [5.74, 6) is -0.878. The lowest BCUT2D eigenvalue weighted by molar-refractivity contribution is -0.145. The molecule has 1 unspecified atom stereocenters. The van der Waals surface area contributed by atoms with Crippen molar-refractivity contribution in [3.05, 3.63) is 53.1 Å². The molecule has 10 heteroatoms. The zero-order valence-electron chi connectivity index (χ0n) is 15.5. The molecule has 3 rings (SSSR count). The third-order valence-corrected chi connectivity index (χ3v) is 6.80. The lowest BCUT2D eigenvalue weighted by Crippen LogP contribution is -2.38. The number of sulfonamides is 1. The second-order valence-corrected chi connectivity index (χ2v) is 9.52. The highest BCUT2D eigenvalue weighted by Gasteiger charge is 2.32. The number of hydrogen-bond donors (Lipinski definition) is 1. The predicted octanol–water partition coefficient (Wildman–Crippen LogP) is 2.60. The number of nitrogens with zero attached hydrogens (tertiary/aromatic N) is 1. The van der Waals surface area contributed by atoms with Gasteiger partial charge in [0.1, 0.15) is 0 Å². The molecule has 7 nitrogen and oxygen atoms in total. The number of ether oxygens (including phenoxy) is 1. The van der Waals surface area contributed by atoms with Crippen LogP contribution in [0.4, 0.5) is 5.69 Å². The topological polar surface area (TPSA) is 107 Å². The van der Waals surface area contributed by atoms with Crippen molar-refractivity contribution in [1.29, 1.82) is 0 Å². The molecule has 0 saturated heterocycles. The standard InChI is InChI=1S/C19H19ClN2O5S2/c1-12-8-13-9-14(29(21,25)26)6-7-16(13)22(12)18(23)10-27-19(24)11-28-17-5-3-2-4-15(17)20/h2-7,9,12H,8,10-11H2,1H3,(H2,21,25,26). The molecule has 0 radical (unpaired) electrons. The number of halogens is 1. The number of amides is 1. The van der Waals surface area contributed by atoms with Crippen LogP contribution < -0.4 is 10.0 Å². The molecule has 29 heavy (non-hydrogen) atoms. The van der Waals surface area contributed by atoms with E-state index in [1.807, 2.05) is 13.0 Å². The van der Waals surface area contributed by atoms with Crippen LogP contribution in [-0.2, 0) is 30.8 Å². The van der Waals surface area contributed by atoms with Gasteiger partial charge in [0.25, 0.3) is 5.91 Å². The average molecular weight is 455 g/mol. The van der Waals surface area contributed by atoms with Gasteiger partial charge in [0.05, 0.1) is 15.7 Å². The van der Waals surface area contributed by atoms with Crippen molar-refractivity contribution >= 4 is 50.9 Å². The Labute approximate surface area is 178 Å². The number of nitrogens with two attached hydrogens (primary N) is 1. The molecule has 2 aromatic carbocycles. The molecule has 2 N–H and O–H groups in total. The molecule has 1 amide bonds. The van der Waals surface area contributed by atoms with Gasteiger partial charge in [0, 0.05) is 16.6 Å². The smallest absolute Gasteiger partial charge is 0.316 e. The molecule has 154 valence electrons. The molecule has 1 heterocycles. The van der Waals surface area contributed by atoms with Gasteiger partial charge in [-0.05, 0) is 49.2 Å². The molecule has 0 bridgehead atoms. The van der Waals surface area contributed by atoms with Crippen LogP contribution in [0, 0.1) is 0 Å². The molecule has 1 aliphatic heterocycles. The van der Waals surface area contributed by atoms with Crippen LogP contribution in [0.1, 0.15) is 12.5 Å². The molecular formula is C19H19ClN2O5S2. The number of thioether (sulfide) groups is 1. The molecule has 0 aliphatic carbocycles. The first-order valence-corrected chi connectivity index (χ1v) is 11.6. The fourth-order valence-electron chi connectivity index (χ4n) is 3.12. The summed E-state index contributed by atoms with van der Waals surface area (Å²) >= 11 is 7.28. The number of anilines is 1. The summed E-state index contributed by atoms with van der Waals surface area (Å²) in [5, 5.41) is 5.71. The van der Waals surface area contributed by atoms with E-state index in [0.29, 0.717) is 22.7 Å². The average Bonchev–Trinajstić information content (AvgIpc) is 2.99. The second-order valence-electron chi connectivity index (χ2n) is 6.53. The number of carbonyl (C=O) groups is 2. The van der Waals surface area contributed by atoms with Crippen molar-refractivity contribution in [2.45, 2.75) is 29.2 Å². The van der Waals surface area contributed by atoms with Gasteiger partial charge in [-0.2, -0.15) is 0 Å². The van der Waals surface area contributed by atoms with Crippen LogP contribution in [0.25, 0.3) is 0 Å². The molecule has 0 saturated carbocycles. The van der Waals surface area contributed by atoms with Crippen molar-refractivity contribution < 1.29 is 22.7 Å². The first-order chi connectivity index (χ1) is 13.7. The van der Waals surface area contributed by atoms with Gasteiger partial charge in [0.2, 0.25) is 10.0 Å². The Balaban J connectivity index is 1.60. The van der Waals surface area contributed by atoms with Crippen molar-refractivity contribution in [1.82, 2.24) is 0 Å². The first kappa shape index (κ1) is 21.6. The first-order valence-electron chi connectivity index (χ1n) is 8.67. The summed E-state index contributed by atoms with van der Waals surface area (Å²) in [6.45, 7) is 1.44. The number of fused-ring (bicyclic) bond motifs is 1. The summed E-state index contributed by atoms with van der Waals surface area (Å²) < 4.78 is 28.2. The van der Waals surface area contributed by atoms with Crippen molar-refractivity contribution in [2.75, 3.05) is 17.3 Å². The molecule has 2 aromatic rings. The Morgan fingerprint density at radius 2 is 2.00 bits per heavy atom. The van der Waals surface area contributed by atoms with Gasteiger partial charge in [0.15, 0.2) is 6.61 Å². The lowest BCUT2D eigenvalue weighted by Gasteiger charge is -2.22. The van der Waals surface area contributed by atoms with Crippen LogP contribution in [0.15, 0.2) is 52.3 Å². The molecule has 0 spiro atoms. The molecule has 0 fully saturated rings. The van der Waals surface area contributed by atoms with Gasteiger partial charge >= 0.3 is 5.97 Å². The number of hydrogen-bond acceptors (Lipinski definition) is 6. The van der Waals surface area contributed by atoms with Gasteiger partial charge < -0.3 is 9.64 Å². The third kappa shape index (κ3) is 5.11. The fraction of sp³-hybridized carbons (Fsp3) is 0.263. The lowest BCUT2D eigenvalue weighted by atomic mass is 10.1. The summed E-state index contributed by atoms with van der Waals surface area (Å²) in [6, 6.07) is 11.3. The van der Waals surface area contributed by atoms with Gasteiger partial charge in [-0.25, -0.2) is 13.6 Å². The quantitative estimate of drug-likeness (QED) is 0.531. The Hall–Kier alpha value is -2.07. The van der Waals surface area contributed by atoms with E-state index in [1.54, 1.807) is 24.3 Å². The predicted molar refractivity (Wildman–Crippen MR) is 112 cm³/mol. The van der Waals surface area contributed by atoms with Crippen LogP contribution in [0.5, 0.6) is 0 Å². The number of benzene rings is 2. The van der Waals surface area contributed by atoms with E-state index in [4.69, 9.17) is 21.5 Å². The van der Waals surface area contributed by atoms with E-state index in [9.17, 15) is 18.0 Å². The number of rotatable bonds is 6. The third-order valence-electron chi connectivity index (χ3n) is 4.40. The van der Waals surface area contributed by atoms with E-state index in [0.717, 1.165) is 4.90 Å². The highest BCUT2D eigenvalue weighted by molar-refractivity contribution is 8.00. The van der Waals surface area contributed by atoms with Crippen LogP contribution >= 0.6 is 23.4 Å². The Kier molecular flexibility index (Phi) is 6.52. The highest BCUT2D eigenvalue weighted by atomic mass is 35.5. The SMILES string of the molecule is CC1Cc2cc(S(N)(=O)=O)ccc2N1C(=O)COC(=O)CSc1ccccc1Cl. The van der Waals surface area contributed by atoms with Crippen molar-refractivity contribution in [3.63, 3.8) is 0 Å². The monoisotopic (exact) mass is 454 g/mol. The Morgan fingerprint density at radius 3 is 2.69 bits per heavy atom. The largest absolute Gasteiger partial charge is 0.455 e. The van der Waals surface area contributed by atoms with Gasteiger partial charge in [-0.3, -0.25) is 9.59 Å². The van der Waals surface area contributed by atoms with E-state index < -0.39 is 22.6 Å². The minimum atomic E-state index is -3.82. The van der Waals surface area contributed by atoms with Gasteiger partial charge in [-0.15, -0.1) is 11.8 Å². The Bertz CT molecular complexity index is 1060. The van der Waals surface area contributed by atoms with E-state index >= 15 is 0 Å². The zero-order chi connectivity index (χ0) is 21.2. The fourth-order valence-corrected chi connectivity index (χ4v) is 4.72. The van der Waals surface area contributed by atoms with Crippen LogP contribution in [0.3, 0.4) is 0 Å². The highest BCUT2D eigenvalue weighted by Crippen LogP contribution is 2.34. The van der Waals surface area contributed by atoms with Crippen molar-refractivity contribution in [3.8, 4) is 0 Å². The van der Waals surface area contributed by atoms with Crippen molar-refractivity contribution in [2.24, 2.45) is 5.14 Å². The Morgan fingerprint density at radius 1 is 1.28 bits per heavy atom. The second kappa shape index (κ2) is 8.74. The summed E-state index contributed by atoms with van der Waals surface area (Å²) in [6.07, 6.45) is 0.487. The van der Waals surface area contributed by atoms with E-state index in [-0.39, 0.29) is 22.6 Å². The number of esters is 1. The molecule has 1 aliphatic rings. The number of carbonyl (C=O) groups excluding carboxylic acids is 2. The minimum absolute atomic E-state index is 0.000717. The number of primary sulfonamides is 1. The van der Waals surface area contributed by atoms with Crippen LogP contribution in [-0.4, -0.2) is 38.7 Å². The van der Waals surface area contributed by atoms with Crippen LogP contribution in [0.2, 0.25) is 5.02 Å². The molecule has 0 aromatic heterocycles. The van der Waals surface area contributed by atoms with Gasteiger partial charge in [-0.1, -0.05) is 23.7 Å². The maximum Gasteiger partial charge on any atom is 0.316 e. The zero-order valence-corrected chi connectivity index (χ0v) is 17.9. The molecular weight excluding hydrogens is 436 g/mol. The normalized spacial score (nSPS) is 15.8. The van der Waals surface area contributed by atoms with E-state index in [1.165, 1.54) is 28.8 Å². The maximum atomic E-state index is 12.6. The summed E-state index contributed by atoms with van der Waals surface area (Å²) in [5.41, 5.74) is 1.30.